The summed E-state index contributed by atoms with van der Waals surface area (Å²) in [5.41, 5.74) is 5.55. The van der Waals surface area contributed by atoms with E-state index >= 15 is 0 Å². The predicted octanol–water partition coefficient (Wildman–Crippen LogP) is 1.59. The zero-order valence-corrected chi connectivity index (χ0v) is 7.76. The van der Waals surface area contributed by atoms with Crippen LogP contribution in [0, 0.1) is 11.8 Å². The van der Waals surface area contributed by atoms with Crippen molar-refractivity contribution in [2.24, 2.45) is 17.6 Å². The highest BCUT2D eigenvalue weighted by Crippen LogP contribution is 2.15. The number of rotatable bonds is 5. The second-order valence-corrected chi connectivity index (χ2v) is 3.48. The van der Waals surface area contributed by atoms with Gasteiger partial charge in [0.05, 0.1) is 0 Å². The molecule has 0 bridgehead atoms. The van der Waals surface area contributed by atoms with Crippen molar-refractivity contribution in [3.63, 3.8) is 0 Å². The van der Waals surface area contributed by atoms with Gasteiger partial charge in [-0.25, -0.2) is 0 Å². The van der Waals surface area contributed by atoms with Crippen molar-refractivity contribution in [1.82, 2.24) is 0 Å². The average molecular weight is 157 g/mol. The molecule has 0 aliphatic heterocycles. The Bertz CT molecular complexity index is 121. The van der Waals surface area contributed by atoms with Gasteiger partial charge in [-0.05, 0) is 31.7 Å². The van der Waals surface area contributed by atoms with Crippen molar-refractivity contribution < 1.29 is 4.79 Å². The normalized spacial score (nSPS) is 13.5. The molecule has 0 heterocycles. The average Bonchev–Trinajstić information content (AvgIpc) is 1.87. The van der Waals surface area contributed by atoms with Crippen LogP contribution in [-0.2, 0) is 4.79 Å². The molecular weight excluding hydrogens is 138 g/mol. The van der Waals surface area contributed by atoms with Crippen molar-refractivity contribution in [2.75, 3.05) is 6.54 Å². The molecule has 0 rings (SSSR count). The molecule has 0 aromatic carbocycles. The number of carbonyl (C=O) groups excluding carboxylic acids is 1. The van der Waals surface area contributed by atoms with Gasteiger partial charge in [-0.15, -0.1) is 0 Å². The summed E-state index contributed by atoms with van der Waals surface area (Å²) >= 11 is 0. The van der Waals surface area contributed by atoms with Crippen LogP contribution in [0.2, 0.25) is 0 Å². The first kappa shape index (κ1) is 10.6. The Morgan fingerprint density at radius 2 is 2.00 bits per heavy atom. The Labute approximate surface area is 69.2 Å². The van der Waals surface area contributed by atoms with Gasteiger partial charge in [0.25, 0.3) is 0 Å². The maximum atomic E-state index is 10.6. The molecule has 0 fully saturated rings. The molecule has 2 nitrogen and oxygen atoms in total. The SMILES string of the molecule is CC(=O)CC[C@@H](CN)C(C)C. The van der Waals surface area contributed by atoms with E-state index in [-0.39, 0.29) is 5.78 Å². The molecule has 66 valence electrons. The van der Waals surface area contributed by atoms with E-state index in [0.717, 1.165) is 6.42 Å². The van der Waals surface area contributed by atoms with Crippen molar-refractivity contribution in [3.05, 3.63) is 0 Å². The third kappa shape index (κ3) is 4.96. The largest absolute Gasteiger partial charge is 0.330 e. The number of nitrogens with two attached hydrogens (primary N) is 1. The fourth-order valence-electron chi connectivity index (χ4n) is 1.11. The summed E-state index contributed by atoms with van der Waals surface area (Å²) < 4.78 is 0. The highest BCUT2D eigenvalue weighted by atomic mass is 16.1. The van der Waals surface area contributed by atoms with Crippen LogP contribution in [0.25, 0.3) is 0 Å². The molecule has 0 aromatic rings. The van der Waals surface area contributed by atoms with E-state index in [0.29, 0.717) is 24.8 Å². The molecule has 0 aliphatic rings. The van der Waals surface area contributed by atoms with Gasteiger partial charge < -0.3 is 10.5 Å². The van der Waals surface area contributed by atoms with Crippen LogP contribution in [0.4, 0.5) is 0 Å². The Hall–Kier alpha value is -0.370. The van der Waals surface area contributed by atoms with Crippen LogP contribution in [0.15, 0.2) is 0 Å². The van der Waals surface area contributed by atoms with Crippen LogP contribution in [0.3, 0.4) is 0 Å². The minimum atomic E-state index is 0.268. The fourth-order valence-corrected chi connectivity index (χ4v) is 1.11. The Morgan fingerprint density at radius 3 is 2.27 bits per heavy atom. The van der Waals surface area contributed by atoms with Crippen molar-refractivity contribution in [1.29, 1.82) is 0 Å². The van der Waals surface area contributed by atoms with E-state index in [9.17, 15) is 4.79 Å². The highest BCUT2D eigenvalue weighted by Gasteiger charge is 2.11. The molecular formula is C9H19NO. The molecule has 0 unspecified atom stereocenters. The third-order valence-corrected chi connectivity index (χ3v) is 2.11. The van der Waals surface area contributed by atoms with E-state index in [4.69, 9.17) is 5.73 Å². The highest BCUT2D eigenvalue weighted by molar-refractivity contribution is 5.75. The lowest BCUT2D eigenvalue weighted by Crippen LogP contribution is -2.20. The molecule has 0 radical (unpaired) electrons. The summed E-state index contributed by atoms with van der Waals surface area (Å²) in [7, 11) is 0. The molecule has 0 amide bonds. The standard InChI is InChI=1S/C9H19NO/c1-7(2)9(6-10)5-4-8(3)11/h7,9H,4-6,10H2,1-3H3/t9-/m0/s1. The third-order valence-electron chi connectivity index (χ3n) is 2.11. The van der Waals surface area contributed by atoms with E-state index in [1.807, 2.05) is 0 Å². The predicted molar refractivity (Wildman–Crippen MR) is 47.3 cm³/mol. The maximum absolute atomic E-state index is 10.6. The lowest BCUT2D eigenvalue weighted by Gasteiger charge is -2.17. The first-order chi connectivity index (χ1) is 5.07. The number of Topliss-reactive ketones (excluding diaryl/α,β-unsaturated/α-hetero) is 1. The quantitative estimate of drug-likeness (QED) is 0.658. The van der Waals surface area contributed by atoms with Crippen LogP contribution < -0.4 is 5.73 Å². The van der Waals surface area contributed by atoms with Crippen molar-refractivity contribution in [3.8, 4) is 0 Å². The zero-order valence-electron chi connectivity index (χ0n) is 7.76. The first-order valence-electron chi connectivity index (χ1n) is 4.27. The van der Waals surface area contributed by atoms with Gasteiger partial charge in [-0.1, -0.05) is 13.8 Å². The summed E-state index contributed by atoms with van der Waals surface area (Å²) in [5, 5.41) is 0. The Balaban J connectivity index is 3.61. The second kappa shape index (κ2) is 5.30. The monoisotopic (exact) mass is 157 g/mol. The second-order valence-electron chi connectivity index (χ2n) is 3.48. The molecule has 0 saturated heterocycles. The molecule has 1 atom stereocenters. The summed E-state index contributed by atoms with van der Waals surface area (Å²) in [6.45, 7) is 6.63. The van der Waals surface area contributed by atoms with Gasteiger partial charge in [0.1, 0.15) is 5.78 Å². The number of carbonyl (C=O) groups is 1. The topological polar surface area (TPSA) is 43.1 Å². The molecule has 0 aliphatic carbocycles. The smallest absolute Gasteiger partial charge is 0.129 e. The van der Waals surface area contributed by atoms with Crippen LogP contribution >= 0.6 is 0 Å². The maximum Gasteiger partial charge on any atom is 0.129 e. The molecule has 0 spiro atoms. The summed E-state index contributed by atoms with van der Waals surface area (Å²) in [6, 6.07) is 0. The van der Waals surface area contributed by atoms with Gasteiger partial charge >= 0.3 is 0 Å². The van der Waals surface area contributed by atoms with E-state index in [2.05, 4.69) is 13.8 Å². The summed E-state index contributed by atoms with van der Waals surface area (Å²) in [6.07, 6.45) is 1.63. The minimum Gasteiger partial charge on any atom is -0.330 e. The molecule has 0 aromatic heterocycles. The molecule has 2 N–H and O–H groups in total. The Morgan fingerprint density at radius 1 is 1.45 bits per heavy atom. The lowest BCUT2D eigenvalue weighted by molar-refractivity contribution is -0.117. The van der Waals surface area contributed by atoms with Crippen LogP contribution in [0.1, 0.15) is 33.6 Å². The molecule has 11 heavy (non-hydrogen) atoms. The van der Waals surface area contributed by atoms with Gasteiger partial charge in [0.15, 0.2) is 0 Å². The number of ketones is 1. The van der Waals surface area contributed by atoms with E-state index in [1.165, 1.54) is 0 Å². The summed E-state index contributed by atoms with van der Waals surface area (Å²) in [5.74, 6) is 1.38. The first-order valence-corrected chi connectivity index (χ1v) is 4.27. The zero-order chi connectivity index (χ0) is 8.85. The van der Waals surface area contributed by atoms with Crippen molar-refractivity contribution in [2.45, 2.75) is 33.6 Å². The van der Waals surface area contributed by atoms with Crippen LogP contribution in [0.5, 0.6) is 0 Å². The number of hydrogen-bond donors (Lipinski definition) is 1. The summed E-state index contributed by atoms with van der Waals surface area (Å²) in [4.78, 5) is 10.6. The lowest BCUT2D eigenvalue weighted by atomic mass is 9.91. The van der Waals surface area contributed by atoms with Crippen LogP contribution in [-0.4, -0.2) is 12.3 Å². The minimum absolute atomic E-state index is 0.268. The fraction of sp³-hybridized carbons (Fsp3) is 0.889. The van der Waals surface area contributed by atoms with Gasteiger partial charge in [0, 0.05) is 6.42 Å². The number of hydrogen-bond acceptors (Lipinski definition) is 2. The van der Waals surface area contributed by atoms with E-state index < -0.39 is 0 Å². The van der Waals surface area contributed by atoms with Crippen molar-refractivity contribution >= 4 is 5.78 Å². The van der Waals surface area contributed by atoms with Gasteiger partial charge in [0.2, 0.25) is 0 Å². The molecule has 0 saturated carbocycles. The van der Waals surface area contributed by atoms with Gasteiger partial charge in [-0.2, -0.15) is 0 Å². The van der Waals surface area contributed by atoms with E-state index in [1.54, 1.807) is 6.92 Å². The molecule has 2 heteroatoms. The van der Waals surface area contributed by atoms with Gasteiger partial charge in [-0.3, -0.25) is 0 Å². The Kier molecular flexibility index (Phi) is 5.12.